The highest BCUT2D eigenvalue weighted by Gasteiger charge is 2.40. The maximum Gasteiger partial charge on any atom is 0.228 e. The number of rotatable bonds is 6. The molecular weight excluding hydrogens is 238 g/mol. The molecule has 0 aromatic carbocycles. The number of hydrogen-bond acceptors (Lipinski definition) is 2. The maximum atomic E-state index is 12.5. The summed E-state index contributed by atoms with van der Waals surface area (Å²) in [5.74, 6) is 0.330. The van der Waals surface area contributed by atoms with Crippen LogP contribution in [0.3, 0.4) is 0 Å². The highest BCUT2D eigenvalue weighted by molar-refractivity contribution is 5.88. The summed E-state index contributed by atoms with van der Waals surface area (Å²) in [5, 5.41) is 0. The van der Waals surface area contributed by atoms with Gasteiger partial charge in [-0.1, -0.05) is 41.5 Å². The van der Waals surface area contributed by atoms with E-state index in [0.717, 1.165) is 0 Å². The van der Waals surface area contributed by atoms with Crippen LogP contribution in [-0.2, 0) is 9.59 Å². The van der Waals surface area contributed by atoms with Gasteiger partial charge in [0.05, 0.1) is 0 Å². The highest BCUT2D eigenvalue weighted by atomic mass is 16.2. The second-order valence-electron chi connectivity index (χ2n) is 7.47. The van der Waals surface area contributed by atoms with Gasteiger partial charge < -0.3 is 4.90 Å². The third kappa shape index (κ3) is 4.63. The monoisotopic (exact) mass is 269 g/mol. The molecule has 0 aromatic heterocycles. The van der Waals surface area contributed by atoms with Crippen molar-refractivity contribution in [1.29, 1.82) is 0 Å². The Morgan fingerprint density at radius 2 is 1.37 bits per heavy atom. The second kappa shape index (κ2) is 6.06. The molecule has 3 nitrogen and oxygen atoms in total. The highest BCUT2D eigenvalue weighted by Crippen LogP contribution is 2.37. The van der Waals surface area contributed by atoms with Crippen LogP contribution in [0.1, 0.15) is 61.8 Å². The van der Waals surface area contributed by atoms with E-state index in [1.54, 1.807) is 4.90 Å². The van der Waals surface area contributed by atoms with Crippen LogP contribution >= 0.6 is 0 Å². The van der Waals surface area contributed by atoms with E-state index in [4.69, 9.17) is 0 Å². The molecule has 0 saturated heterocycles. The maximum absolute atomic E-state index is 12.5. The molecule has 112 valence electrons. The molecule has 0 aliphatic carbocycles. The van der Waals surface area contributed by atoms with E-state index in [-0.39, 0.29) is 23.7 Å². The molecule has 1 amide bonds. The topological polar surface area (TPSA) is 37.4 Å². The van der Waals surface area contributed by atoms with Gasteiger partial charge in [0, 0.05) is 29.8 Å². The average Bonchev–Trinajstić information content (AvgIpc) is 2.24. The third-order valence-corrected chi connectivity index (χ3v) is 3.75. The van der Waals surface area contributed by atoms with Crippen molar-refractivity contribution in [2.24, 2.45) is 16.7 Å². The molecule has 0 rings (SSSR count). The minimum atomic E-state index is -0.521. The summed E-state index contributed by atoms with van der Waals surface area (Å²) in [6.07, 6.45) is 0.576. The van der Waals surface area contributed by atoms with E-state index in [0.29, 0.717) is 6.42 Å². The Bertz CT molecular complexity index is 341. The van der Waals surface area contributed by atoms with E-state index in [9.17, 15) is 9.59 Å². The molecule has 0 N–H and O–H groups in total. The lowest BCUT2D eigenvalue weighted by atomic mass is 9.70. The van der Waals surface area contributed by atoms with Gasteiger partial charge in [-0.2, -0.15) is 0 Å². The molecule has 0 spiro atoms. The lowest BCUT2D eigenvalue weighted by Crippen LogP contribution is -2.45. The number of hydrogen-bond donors (Lipinski definition) is 0. The van der Waals surface area contributed by atoms with Crippen LogP contribution in [0.15, 0.2) is 0 Å². The molecule has 0 aromatic rings. The summed E-state index contributed by atoms with van der Waals surface area (Å²) in [4.78, 5) is 26.5. The normalized spacial score (nSPS) is 13.0. The Morgan fingerprint density at radius 3 is 1.68 bits per heavy atom. The van der Waals surface area contributed by atoms with Crippen LogP contribution in [0.4, 0.5) is 0 Å². The molecule has 0 saturated carbocycles. The van der Waals surface area contributed by atoms with Crippen LogP contribution in [0.5, 0.6) is 0 Å². The van der Waals surface area contributed by atoms with Gasteiger partial charge in [0.2, 0.25) is 5.91 Å². The first kappa shape index (κ1) is 18.1. The summed E-state index contributed by atoms with van der Waals surface area (Å²) in [6, 6.07) is 0.177. The van der Waals surface area contributed by atoms with Gasteiger partial charge in [-0.15, -0.1) is 0 Å². The molecule has 0 unspecified atom stereocenters. The first-order valence-corrected chi connectivity index (χ1v) is 7.14. The van der Waals surface area contributed by atoms with E-state index in [2.05, 4.69) is 0 Å². The van der Waals surface area contributed by atoms with Crippen molar-refractivity contribution in [3.05, 3.63) is 0 Å². The van der Waals surface area contributed by atoms with E-state index < -0.39 is 10.8 Å². The van der Waals surface area contributed by atoms with Crippen molar-refractivity contribution in [3.8, 4) is 0 Å². The van der Waals surface area contributed by atoms with E-state index in [1.807, 2.05) is 62.4 Å². The zero-order chi connectivity index (χ0) is 15.6. The number of carbonyl (C=O) groups excluding carboxylic acids is 2. The predicted octanol–water partition coefficient (Wildman–Crippen LogP) is 3.52. The molecule has 0 fully saturated rings. The number of ketones is 1. The molecule has 0 bridgehead atoms. The minimum Gasteiger partial charge on any atom is -0.343 e. The molecule has 0 atom stereocenters. The fourth-order valence-electron chi connectivity index (χ4n) is 2.76. The Hall–Kier alpha value is -0.860. The fraction of sp³-hybridized carbons (Fsp3) is 0.875. The lowest BCUT2D eigenvalue weighted by molar-refractivity contribution is -0.144. The number of Topliss-reactive ketones (excluding diaryl/α,β-unsaturated/α-hetero) is 1. The predicted molar refractivity (Wildman–Crippen MR) is 79.9 cm³/mol. The van der Waals surface area contributed by atoms with Crippen LogP contribution in [0, 0.1) is 16.7 Å². The summed E-state index contributed by atoms with van der Waals surface area (Å²) in [6.45, 7) is 15.6. The SMILES string of the molecule is CC(C)C(=O)C(C)(C)CC(C)(C)C(=O)N(C)C(C)C. The molecule has 0 aliphatic rings. The molecule has 19 heavy (non-hydrogen) atoms. The first-order chi connectivity index (χ1) is 8.33. The van der Waals surface area contributed by atoms with E-state index >= 15 is 0 Å². The summed E-state index contributed by atoms with van der Waals surface area (Å²) in [5.41, 5.74) is -0.988. The van der Waals surface area contributed by atoms with Crippen LogP contribution < -0.4 is 0 Å². The zero-order valence-electron chi connectivity index (χ0n) is 14.1. The quantitative estimate of drug-likeness (QED) is 0.740. The number of amides is 1. The van der Waals surface area contributed by atoms with Gasteiger partial charge in [0.15, 0.2) is 0 Å². The van der Waals surface area contributed by atoms with Crippen LogP contribution in [-0.4, -0.2) is 29.7 Å². The van der Waals surface area contributed by atoms with Gasteiger partial charge in [0.1, 0.15) is 5.78 Å². The molecule has 0 heterocycles. The van der Waals surface area contributed by atoms with Gasteiger partial charge in [-0.25, -0.2) is 0 Å². The second-order valence-corrected chi connectivity index (χ2v) is 7.47. The van der Waals surface area contributed by atoms with Gasteiger partial charge in [0.25, 0.3) is 0 Å². The van der Waals surface area contributed by atoms with Crippen LogP contribution in [0.2, 0.25) is 0 Å². The molecule has 3 heteroatoms. The number of carbonyl (C=O) groups is 2. The third-order valence-electron chi connectivity index (χ3n) is 3.75. The van der Waals surface area contributed by atoms with Gasteiger partial charge >= 0.3 is 0 Å². The summed E-state index contributed by atoms with van der Waals surface area (Å²) < 4.78 is 0. The standard InChI is InChI=1S/C16H31NO2/c1-11(2)13(18)15(5,6)10-16(7,8)14(19)17(9)12(3)4/h11-12H,10H2,1-9H3. The zero-order valence-corrected chi connectivity index (χ0v) is 14.1. The summed E-state index contributed by atoms with van der Waals surface area (Å²) in [7, 11) is 1.83. The van der Waals surface area contributed by atoms with Crippen molar-refractivity contribution in [2.45, 2.75) is 67.9 Å². The van der Waals surface area contributed by atoms with Gasteiger partial charge in [-0.05, 0) is 20.3 Å². The Morgan fingerprint density at radius 1 is 0.947 bits per heavy atom. The Balaban J connectivity index is 5.05. The largest absolute Gasteiger partial charge is 0.343 e. The molecule has 0 aliphatic heterocycles. The number of nitrogens with zero attached hydrogens (tertiary/aromatic N) is 1. The van der Waals surface area contributed by atoms with Crippen molar-refractivity contribution < 1.29 is 9.59 Å². The average molecular weight is 269 g/mol. The summed E-state index contributed by atoms with van der Waals surface area (Å²) >= 11 is 0. The van der Waals surface area contributed by atoms with Crippen molar-refractivity contribution in [2.75, 3.05) is 7.05 Å². The Kier molecular flexibility index (Phi) is 5.79. The Labute approximate surface area is 118 Å². The van der Waals surface area contributed by atoms with E-state index in [1.165, 1.54) is 0 Å². The fourth-order valence-corrected chi connectivity index (χ4v) is 2.76. The van der Waals surface area contributed by atoms with Crippen molar-refractivity contribution in [1.82, 2.24) is 4.90 Å². The minimum absolute atomic E-state index is 0.00345. The molecule has 0 radical (unpaired) electrons. The first-order valence-electron chi connectivity index (χ1n) is 7.14. The van der Waals surface area contributed by atoms with Crippen molar-refractivity contribution >= 4 is 11.7 Å². The lowest BCUT2D eigenvalue weighted by Gasteiger charge is -2.37. The van der Waals surface area contributed by atoms with Crippen molar-refractivity contribution in [3.63, 3.8) is 0 Å². The van der Waals surface area contributed by atoms with Crippen LogP contribution in [0.25, 0.3) is 0 Å². The van der Waals surface area contributed by atoms with Gasteiger partial charge in [-0.3, -0.25) is 9.59 Å². The molecular formula is C16H31NO2. The smallest absolute Gasteiger partial charge is 0.228 e.